The van der Waals surface area contributed by atoms with Gasteiger partial charge < -0.3 is 19.1 Å². The molecule has 0 N–H and O–H groups in total. The lowest BCUT2D eigenvalue weighted by atomic mass is 9.89. The Morgan fingerprint density at radius 1 is 0.318 bits per heavy atom. The molecule has 310 valence electrons. The van der Waals surface area contributed by atoms with Crippen LogP contribution in [0.25, 0.3) is 65.7 Å². The molecule has 0 radical (unpaired) electrons. The van der Waals surface area contributed by atoms with E-state index in [0.29, 0.717) is 0 Å². The second-order valence-electron chi connectivity index (χ2n) is 16.9. The number of rotatable bonds is 8. The Bertz CT molecular complexity index is 3720. The fraction of sp³-hybridized carbons (Fsp3) is 0. The molecule has 0 aliphatic carbocycles. The molecule has 1 aliphatic heterocycles. The minimum atomic E-state index is 0.859. The lowest BCUT2D eigenvalue weighted by Gasteiger charge is -2.34. The first-order chi connectivity index (χ1) is 32.7. The maximum Gasteiger partial charge on any atom is 0.135 e. The Kier molecular flexibility index (Phi) is 8.81. The van der Waals surface area contributed by atoms with Gasteiger partial charge in [-0.25, -0.2) is 0 Å². The summed E-state index contributed by atoms with van der Waals surface area (Å²) in [5, 5.41) is 7.03. The molecule has 0 unspecified atom stereocenters. The van der Waals surface area contributed by atoms with Crippen molar-refractivity contribution in [2.24, 2.45) is 0 Å². The average Bonchev–Trinajstić information content (AvgIpc) is 3.75. The molecule has 1 aliphatic rings. The summed E-state index contributed by atoms with van der Waals surface area (Å²) in [7, 11) is 0. The van der Waals surface area contributed by atoms with Crippen LogP contribution < -0.4 is 14.7 Å². The van der Waals surface area contributed by atoms with Crippen molar-refractivity contribution in [1.82, 2.24) is 0 Å². The summed E-state index contributed by atoms with van der Waals surface area (Å²) < 4.78 is 6.54. The van der Waals surface area contributed by atoms with Gasteiger partial charge in [0, 0.05) is 61.2 Å². The minimum absolute atomic E-state index is 0.859. The molecule has 0 saturated carbocycles. The highest BCUT2D eigenvalue weighted by atomic mass is 16.3. The fourth-order valence-corrected chi connectivity index (χ4v) is 10.1. The summed E-state index contributed by atoms with van der Waals surface area (Å²) in [4.78, 5) is 7.09. The van der Waals surface area contributed by atoms with Crippen molar-refractivity contribution in [3.63, 3.8) is 0 Å². The van der Waals surface area contributed by atoms with Crippen LogP contribution >= 0.6 is 0 Å². The van der Waals surface area contributed by atoms with Gasteiger partial charge in [-0.15, -0.1) is 0 Å². The van der Waals surface area contributed by atoms with E-state index in [4.69, 9.17) is 4.42 Å². The number of hydrogen-bond acceptors (Lipinski definition) is 4. The van der Waals surface area contributed by atoms with E-state index >= 15 is 0 Å². The number of furan rings is 1. The van der Waals surface area contributed by atoms with Gasteiger partial charge in [0.25, 0.3) is 0 Å². The first-order valence-electron chi connectivity index (χ1n) is 22.5. The molecule has 4 heteroatoms. The van der Waals surface area contributed by atoms with Crippen LogP contribution in [0.4, 0.5) is 51.2 Å². The molecule has 0 saturated heterocycles. The molecule has 0 spiro atoms. The molecule has 1 aromatic heterocycles. The van der Waals surface area contributed by atoms with Crippen LogP contribution in [-0.2, 0) is 0 Å². The van der Waals surface area contributed by atoms with Gasteiger partial charge in [0.15, 0.2) is 0 Å². The highest BCUT2D eigenvalue weighted by molar-refractivity contribution is 6.15. The Hall–Kier alpha value is -8.86. The Balaban J connectivity index is 0.922. The van der Waals surface area contributed by atoms with E-state index in [-0.39, 0.29) is 0 Å². The zero-order valence-electron chi connectivity index (χ0n) is 35.9. The Morgan fingerprint density at radius 3 is 1.62 bits per heavy atom. The van der Waals surface area contributed by atoms with Crippen LogP contribution in [0.5, 0.6) is 0 Å². The first-order valence-corrected chi connectivity index (χ1v) is 22.5. The molecule has 12 aromatic rings. The molecular weight excluding hydrogens is 803 g/mol. The van der Waals surface area contributed by atoms with E-state index in [1.807, 2.05) is 0 Å². The third-order valence-electron chi connectivity index (χ3n) is 13.1. The van der Waals surface area contributed by atoms with Crippen LogP contribution in [0, 0.1) is 0 Å². The van der Waals surface area contributed by atoms with Gasteiger partial charge in [-0.2, -0.15) is 0 Å². The SMILES string of the molecule is c1ccc(N(c2ccccc2)c2ccc3oc4ccc(N5c6ccc(-c7ccc(N(c8ccccc8)c8cccc9ccccc89)cc7)cc6-c6cccc7cccc5c67)cc4c3c2)cc1. The number of para-hydroxylation sites is 3. The van der Waals surface area contributed by atoms with Gasteiger partial charge >= 0.3 is 0 Å². The van der Waals surface area contributed by atoms with Crippen LogP contribution in [0.3, 0.4) is 0 Å². The van der Waals surface area contributed by atoms with Crippen molar-refractivity contribution in [2.75, 3.05) is 14.7 Å². The van der Waals surface area contributed by atoms with Gasteiger partial charge in [-0.1, -0.05) is 140 Å². The van der Waals surface area contributed by atoms with Crippen molar-refractivity contribution >= 4 is 94.7 Å². The largest absolute Gasteiger partial charge is 0.456 e. The van der Waals surface area contributed by atoms with Crippen molar-refractivity contribution in [3.8, 4) is 22.3 Å². The zero-order valence-corrected chi connectivity index (χ0v) is 35.9. The summed E-state index contributed by atoms with van der Waals surface area (Å²) in [6, 6.07) is 89.4. The molecule has 66 heavy (non-hydrogen) atoms. The number of nitrogens with zero attached hydrogens (tertiary/aromatic N) is 3. The number of hydrogen-bond donors (Lipinski definition) is 0. The highest BCUT2D eigenvalue weighted by Crippen LogP contribution is 2.53. The number of anilines is 9. The smallest absolute Gasteiger partial charge is 0.135 e. The van der Waals surface area contributed by atoms with Crippen molar-refractivity contribution in [2.45, 2.75) is 0 Å². The van der Waals surface area contributed by atoms with Gasteiger partial charge in [0.05, 0.1) is 17.1 Å². The molecule has 0 amide bonds. The van der Waals surface area contributed by atoms with E-state index in [2.05, 4.69) is 263 Å². The topological polar surface area (TPSA) is 22.9 Å². The third-order valence-corrected chi connectivity index (χ3v) is 13.1. The Labute approximate surface area is 383 Å². The maximum atomic E-state index is 6.54. The molecule has 13 rings (SSSR count). The Morgan fingerprint density at radius 2 is 0.879 bits per heavy atom. The van der Waals surface area contributed by atoms with E-state index in [1.54, 1.807) is 0 Å². The zero-order chi connectivity index (χ0) is 43.6. The summed E-state index contributed by atoms with van der Waals surface area (Å²) in [6.07, 6.45) is 0. The van der Waals surface area contributed by atoms with Crippen LogP contribution in [0.2, 0.25) is 0 Å². The molecule has 2 heterocycles. The fourth-order valence-electron chi connectivity index (χ4n) is 10.1. The van der Waals surface area contributed by atoms with Gasteiger partial charge in [0.1, 0.15) is 11.2 Å². The van der Waals surface area contributed by atoms with Crippen molar-refractivity contribution in [1.29, 1.82) is 0 Å². The maximum absolute atomic E-state index is 6.54. The number of fused-ring (bicyclic) bond motifs is 6. The van der Waals surface area contributed by atoms with E-state index in [9.17, 15) is 0 Å². The molecule has 0 fully saturated rings. The normalized spacial score (nSPS) is 11.9. The summed E-state index contributed by atoms with van der Waals surface area (Å²) in [5.74, 6) is 0. The quantitative estimate of drug-likeness (QED) is 0.152. The predicted octanol–water partition coefficient (Wildman–Crippen LogP) is 17.9. The van der Waals surface area contributed by atoms with Gasteiger partial charge in [-0.3, -0.25) is 0 Å². The van der Waals surface area contributed by atoms with Crippen LogP contribution in [-0.4, -0.2) is 0 Å². The monoisotopic (exact) mass is 843 g/mol. The lowest BCUT2D eigenvalue weighted by molar-refractivity contribution is 0.669. The molecule has 0 bridgehead atoms. The molecular formula is C62H41N3O. The summed E-state index contributed by atoms with van der Waals surface area (Å²) in [6.45, 7) is 0. The second kappa shape index (κ2) is 15.4. The second-order valence-corrected chi connectivity index (χ2v) is 16.9. The minimum Gasteiger partial charge on any atom is -0.456 e. The van der Waals surface area contributed by atoms with Crippen molar-refractivity contribution < 1.29 is 4.42 Å². The first kappa shape index (κ1) is 37.7. The van der Waals surface area contributed by atoms with Crippen LogP contribution in [0.1, 0.15) is 0 Å². The molecule has 0 atom stereocenters. The van der Waals surface area contributed by atoms with E-state index < -0.39 is 0 Å². The highest BCUT2D eigenvalue weighted by Gasteiger charge is 2.27. The predicted molar refractivity (Wildman–Crippen MR) is 277 cm³/mol. The summed E-state index contributed by atoms with van der Waals surface area (Å²) >= 11 is 0. The molecule has 11 aromatic carbocycles. The van der Waals surface area contributed by atoms with E-state index in [1.165, 1.54) is 38.2 Å². The average molecular weight is 844 g/mol. The molecule has 4 nitrogen and oxygen atoms in total. The van der Waals surface area contributed by atoms with Crippen molar-refractivity contribution in [3.05, 3.63) is 249 Å². The van der Waals surface area contributed by atoms with Gasteiger partial charge in [-0.05, 0) is 137 Å². The van der Waals surface area contributed by atoms with E-state index in [0.717, 1.165) is 78.7 Å². The number of benzene rings is 11. The third kappa shape index (κ3) is 6.22. The lowest BCUT2D eigenvalue weighted by Crippen LogP contribution is -2.15. The summed E-state index contributed by atoms with van der Waals surface area (Å²) in [5.41, 5.74) is 16.5. The standard InChI is InChI=1S/C62H41N3O/c1-4-19-46(20-5-1)63(47-21-6-2-7-22-47)50-34-37-60-55(40-50)56-41-51(35-38-61(56)66-60)65-58-36-31-45(39-54(58)53-26-12-17-44-18-14-28-59(65)62(44)53)42-29-32-49(33-30-42)64(48-23-8-3-9-24-48)57-27-13-16-43-15-10-11-25-52(43)57/h1-41H. The van der Waals surface area contributed by atoms with Gasteiger partial charge in [0.2, 0.25) is 0 Å². The van der Waals surface area contributed by atoms with Crippen LogP contribution in [0.15, 0.2) is 253 Å².